The second kappa shape index (κ2) is 8.50. The summed E-state index contributed by atoms with van der Waals surface area (Å²) in [5.74, 6) is -0.318. The molecule has 2 unspecified atom stereocenters. The largest absolute Gasteiger partial charge is 0.393 e. The number of rotatable bonds is 8. The summed E-state index contributed by atoms with van der Waals surface area (Å²) in [4.78, 5) is 12.2. The van der Waals surface area contributed by atoms with Gasteiger partial charge in [0, 0.05) is 6.04 Å². The van der Waals surface area contributed by atoms with E-state index in [4.69, 9.17) is 18.0 Å². The molecule has 0 aromatic carbocycles. The lowest BCUT2D eigenvalue weighted by atomic mass is 10.0. The zero-order chi connectivity index (χ0) is 12.6. The van der Waals surface area contributed by atoms with Gasteiger partial charge in [-0.3, -0.25) is 4.79 Å². The maximum Gasteiger partial charge on any atom is 0.230 e. The molecule has 0 spiro atoms. The van der Waals surface area contributed by atoms with Crippen molar-refractivity contribution in [2.45, 2.75) is 58.9 Å². The number of thiocarbonyl (C=S) groups is 1. The Morgan fingerprint density at radius 1 is 1.31 bits per heavy atom. The summed E-state index contributed by atoms with van der Waals surface area (Å²) in [5, 5.41) is 2.97. The van der Waals surface area contributed by atoms with Gasteiger partial charge in [-0.2, -0.15) is 0 Å². The van der Waals surface area contributed by atoms with Crippen LogP contribution in [0.1, 0.15) is 52.9 Å². The Morgan fingerprint density at radius 2 is 1.94 bits per heavy atom. The minimum atomic E-state index is -0.302. The monoisotopic (exact) mass is 244 g/mol. The maximum atomic E-state index is 11.9. The number of carbonyl (C=O) groups excluding carboxylic acids is 1. The van der Waals surface area contributed by atoms with Crippen LogP contribution in [0.5, 0.6) is 0 Å². The van der Waals surface area contributed by atoms with Gasteiger partial charge in [-0.15, -0.1) is 0 Å². The summed E-state index contributed by atoms with van der Waals surface area (Å²) in [6, 6.07) is 0.209. The van der Waals surface area contributed by atoms with Gasteiger partial charge >= 0.3 is 0 Å². The standard InChI is InChI=1S/C12H24N2OS/c1-4-6-8-9(3)14-12(15)10(7-5-2)11(13)16/h9-10H,4-8H2,1-3H3,(H2,13,16)(H,14,15). The molecule has 0 radical (unpaired) electrons. The Kier molecular flexibility index (Phi) is 8.16. The van der Waals surface area contributed by atoms with Crippen LogP contribution in [0.15, 0.2) is 0 Å². The van der Waals surface area contributed by atoms with Gasteiger partial charge in [0.1, 0.15) is 0 Å². The molecule has 0 aliphatic carbocycles. The van der Waals surface area contributed by atoms with Crippen LogP contribution < -0.4 is 11.1 Å². The lowest BCUT2D eigenvalue weighted by Gasteiger charge is -2.18. The van der Waals surface area contributed by atoms with Gasteiger partial charge in [-0.1, -0.05) is 45.3 Å². The van der Waals surface area contributed by atoms with Crippen molar-refractivity contribution in [3.63, 3.8) is 0 Å². The first-order valence-corrected chi connectivity index (χ1v) is 6.53. The number of unbranched alkanes of at least 4 members (excludes halogenated alkanes) is 1. The average Bonchev–Trinajstić information content (AvgIpc) is 2.22. The fraction of sp³-hybridized carbons (Fsp3) is 0.833. The van der Waals surface area contributed by atoms with Gasteiger partial charge in [0.05, 0.1) is 10.9 Å². The predicted octanol–water partition coefficient (Wildman–Crippen LogP) is 2.38. The summed E-state index contributed by atoms with van der Waals surface area (Å²) >= 11 is 4.92. The average molecular weight is 244 g/mol. The highest BCUT2D eigenvalue weighted by molar-refractivity contribution is 7.80. The molecular formula is C12H24N2OS. The van der Waals surface area contributed by atoms with E-state index in [1.165, 1.54) is 0 Å². The third-order valence-corrected chi connectivity index (χ3v) is 2.90. The molecule has 2 atom stereocenters. The van der Waals surface area contributed by atoms with Crippen molar-refractivity contribution < 1.29 is 4.79 Å². The summed E-state index contributed by atoms with van der Waals surface area (Å²) in [6.07, 6.45) is 4.94. The van der Waals surface area contributed by atoms with Gasteiger partial charge in [-0.25, -0.2) is 0 Å². The number of hydrogen-bond donors (Lipinski definition) is 2. The van der Waals surface area contributed by atoms with Gasteiger partial charge in [0.2, 0.25) is 5.91 Å². The molecular weight excluding hydrogens is 220 g/mol. The van der Waals surface area contributed by atoms with E-state index in [1.807, 2.05) is 13.8 Å². The van der Waals surface area contributed by atoms with Crippen LogP contribution in [0.3, 0.4) is 0 Å². The Morgan fingerprint density at radius 3 is 2.38 bits per heavy atom. The molecule has 1 amide bonds. The van der Waals surface area contributed by atoms with Crippen LogP contribution >= 0.6 is 12.2 Å². The molecule has 0 aromatic heterocycles. The first-order chi connectivity index (χ1) is 7.52. The van der Waals surface area contributed by atoms with Gasteiger partial charge in [0.15, 0.2) is 0 Å². The van der Waals surface area contributed by atoms with Crippen molar-refractivity contribution >= 4 is 23.1 Å². The molecule has 3 nitrogen and oxygen atoms in total. The van der Waals surface area contributed by atoms with Crippen molar-refractivity contribution in [2.75, 3.05) is 0 Å². The number of nitrogens with two attached hydrogens (primary N) is 1. The molecule has 4 heteroatoms. The van der Waals surface area contributed by atoms with E-state index in [0.717, 1.165) is 32.1 Å². The molecule has 0 aromatic rings. The highest BCUT2D eigenvalue weighted by atomic mass is 32.1. The topological polar surface area (TPSA) is 55.1 Å². The Balaban J connectivity index is 4.13. The second-order valence-corrected chi connectivity index (χ2v) is 4.77. The second-order valence-electron chi connectivity index (χ2n) is 4.30. The molecule has 0 saturated carbocycles. The van der Waals surface area contributed by atoms with Crippen molar-refractivity contribution in [1.29, 1.82) is 0 Å². The zero-order valence-electron chi connectivity index (χ0n) is 10.6. The van der Waals surface area contributed by atoms with Crippen molar-refractivity contribution in [1.82, 2.24) is 5.32 Å². The normalized spacial score (nSPS) is 14.2. The van der Waals surface area contributed by atoms with E-state index in [0.29, 0.717) is 4.99 Å². The summed E-state index contributed by atoms with van der Waals surface area (Å²) in [5.41, 5.74) is 5.57. The molecule has 0 aliphatic rings. The Hall–Kier alpha value is -0.640. The number of amides is 1. The Bertz CT molecular complexity index is 231. The van der Waals surface area contributed by atoms with Crippen LogP contribution in [0.25, 0.3) is 0 Å². The van der Waals surface area contributed by atoms with E-state index in [2.05, 4.69) is 12.2 Å². The lowest BCUT2D eigenvalue weighted by Crippen LogP contribution is -2.41. The van der Waals surface area contributed by atoms with Crippen LogP contribution in [0.4, 0.5) is 0 Å². The molecule has 94 valence electrons. The third-order valence-electron chi connectivity index (χ3n) is 2.62. The van der Waals surface area contributed by atoms with Gasteiger partial charge in [0.25, 0.3) is 0 Å². The minimum absolute atomic E-state index is 0.0158. The van der Waals surface area contributed by atoms with E-state index >= 15 is 0 Å². The number of nitrogens with one attached hydrogen (secondary N) is 1. The smallest absolute Gasteiger partial charge is 0.230 e. The van der Waals surface area contributed by atoms with Crippen LogP contribution in [-0.2, 0) is 4.79 Å². The van der Waals surface area contributed by atoms with E-state index in [9.17, 15) is 4.79 Å². The third kappa shape index (κ3) is 6.05. The fourth-order valence-corrected chi connectivity index (χ4v) is 1.84. The van der Waals surface area contributed by atoms with E-state index in [-0.39, 0.29) is 17.9 Å². The van der Waals surface area contributed by atoms with E-state index < -0.39 is 0 Å². The molecule has 3 N–H and O–H groups in total. The van der Waals surface area contributed by atoms with Gasteiger partial charge < -0.3 is 11.1 Å². The van der Waals surface area contributed by atoms with Gasteiger partial charge in [-0.05, 0) is 19.8 Å². The highest BCUT2D eigenvalue weighted by Crippen LogP contribution is 2.08. The first kappa shape index (κ1) is 15.4. The fourth-order valence-electron chi connectivity index (χ4n) is 1.62. The van der Waals surface area contributed by atoms with Crippen LogP contribution in [0.2, 0.25) is 0 Å². The summed E-state index contributed by atoms with van der Waals surface area (Å²) in [7, 11) is 0. The lowest BCUT2D eigenvalue weighted by molar-refractivity contribution is -0.123. The quantitative estimate of drug-likeness (QED) is 0.645. The van der Waals surface area contributed by atoms with Crippen molar-refractivity contribution in [2.24, 2.45) is 11.7 Å². The van der Waals surface area contributed by atoms with Crippen molar-refractivity contribution in [3.8, 4) is 0 Å². The zero-order valence-corrected chi connectivity index (χ0v) is 11.4. The molecule has 0 fully saturated rings. The van der Waals surface area contributed by atoms with Crippen LogP contribution in [-0.4, -0.2) is 16.9 Å². The molecule has 0 saturated heterocycles. The molecule has 0 aliphatic heterocycles. The SMILES string of the molecule is CCCCC(C)NC(=O)C(CCC)C(N)=S. The number of carbonyl (C=O) groups is 1. The minimum Gasteiger partial charge on any atom is -0.393 e. The molecule has 0 rings (SSSR count). The molecule has 0 heterocycles. The predicted molar refractivity (Wildman–Crippen MR) is 72.3 cm³/mol. The number of hydrogen-bond acceptors (Lipinski definition) is 2. The first-order valence-electron chi connectivity index (χ1n) is 6.12. The van der Waals surface area contributed by atoms with Crippen LogP contribution in [0, 0.1) is 5.92 Å². The highest BCUT2D eigenvalue weighted by Gasteiger charge is 2.21. The van der Waals surface area contributed by atoms with E-state index in [1.54, 1.807) is 0 Å². The summed E-state index contributed by atoms with van der Waals surface area (Å²) in [6.45, 7) is 6.19. The maximum absolute atomic E-state index is 11.9. The Labute approximate surface area is 104 Å². The summed E-state index contributed by atoms with van der Waals surface area (Å²) < 4.78 is 0. The molecule has 0 bridgehead atoms. The van der Waals surface area contributed by atoms with Crippen molar-refractivity contribution in [3.05, 3.63) is 0 Å². The molecule has 16 heavy (non-hydrogen) atoms.